The molecular weight excluding hydrogens is 296 g/mol. The minimum Gasteiger partial charge on any atom is -0.444 e. The molecule has 0 bridgehead atoms. The van der Waals surface area contributed by atoms with Gasteiger partial charge >= 0.3 is 6.09 Å². The van der Waals surface area contributed by atoms with Gasteiger partial charge in [0.05, 0.1) is 6.54 Å². The summed E-state index contributed by atoms with van der Waals surface area (Å²) < 4.78 is 11.1. The van der Waals surface area contributed by atoms with Crippen LogP contribution in [0.3, 0.4) is 0 Å². The molecule has 23 heavy (non-hydrogen) atoms. The van der Waals surface area contributed by atoms with Crippen molar-refractivity contribution in [3.63, 3.8) is 0 Å². The topological polar surface area (TPSA) is 71.7 Å². The number of likely N-dealkylation sites (N-methyl/N-ethyl adjacent to an activating group) is 1. The molecule has 0 saturated carbocycles. The second-order valence-electron chi connectivity index (χ2n) is 7.46. The summed E-state index contributed by atoms with van der Waals surface area (Å²) >= 11 is 0. The Labute approximate surface area is 138 Å². The van der Waals surface area contributed by atoms with E-state index in [9.17, 15) is 4.79 Å². The van der Waals surface area contributed by atoms with Crippen LogP contribution in [0.4, 0.5) is 4.79 Å². The standard InChI is InChI=1S/C16H28N4O3/c1-11(2)14-18-17-13(22-14)10-20-8-7-12(9-20)19(6)15(21)23-16(3,4)5/h11-12H,7-10H2,1-6H3/t12-/m0/s1. The third-order valence-electron chi connectivity index (χ3n) is 3.81. The van der Waals surface area contributed by atoms with E-state index < -0.39 is 5.60 Å². The van der Waals surface area contributed by atoms with Gasteiger partial charge in [-0.15, -0.1) is 10.2 Å². The van der Waals surface area contributed by atoms with Crippen molar-refractivity contribution in [2.24, 2.45) is 0 Å². The zero-order valence-electron chi connectivity index (χ0n) is 15.0. The largest absolute Gasteiger partial charge is 0.444 e. The van der Waals surface area contributed by atoms with Gasteiger partial charge in [0.1, 0.15) is 5.60 Å². The Morgan fingerprint density at radius 1 is 1.43 bits per heavy atom. The van der Waals surface area contributed by atoms with Gasteiger partial charge in [-0.05, 0) is 27.2 Å². The average molecular weight is 324 g/mol. The Balaban J connectivity index is 1.86. The lowest BCUT2D eigenvalue weighted by Gasteiger charge is -2.28. The summed E-state index contributed by atoms with van der Waals surface area (Å²) in [7, 11) is 1.80. The molecule has 1 aromatic rings. The number of nitrogens with zero attached hydrogens (tertiary/aromatic N) is 4. The molecule has 2 rings (SSSR count). The first kappa shape index (κ1) is 17.7. The van der Waals surface area contributed by atoms with Crippen LogP contribution in [0, 0.1) is 0 Å². The van der Waals surface area contributed by atoms with Gasteiger partial charge in [0.25, 0.3) is 0 Å². The molecule has 2 heterocycles. The Bertz CT molecular complexity index is 536. The smallest absolute Gasteiger partial charge is 0.410 e. The lowest BCUT2D eigenvalue weighted by atomic mass is 10.2. The number of likely N-dealkylation sites (tertiary alicyclic amines) is 1. The van der Waals surface area contributed by atoms with E-state index >= 15 is 0 Å². The predicted molar refractivity (Wildman–Crippen MR) is 86.1 cm³/mol. The van der Waals surface area contributed by atoms with Crippen LogP contribution >= 0.6 is 0 Å². The molecule has 0 unspecified atom stereocenters. The Hall–Kier alpha value is -1.63. The van der Waals surface area contributed by atoms with E-state index in [0.29, 0.717) is 18.3 Å². The Morgan fingerprint density at radius 3 is 2.70 bits per heavy atom. The molecule has 1 atom stereocenters. The molecule has 7 nitrogen and oxygen atoms in total. The van der Waals surface area contributed by atoms with Crippen molar-refractivity contribution in [3.8, 4) is 0 Å². The monoisotopic (exact) mass is 324 g/mol. The van der Waals surface area contributed by atoms with Crippen LogP contribution in [-0.2, 0) is 11.3 Å². The molecule has 1 amide bonds. The van der Waals surface area contributed by atoms with Crippen molar-refractivity contribution in [2.45, 2.75) is 65.1 Å². The molecule has 0 radical (unpaired) electrons. The molecule has 0 spiro atoms. The lowest BCUT2D eigenvalue weighted by Crippen LogP contribution is -2.42. The summed E-state index contributed by atoms with van der Waals surface area (Å²) in [5, 5.41) is 8.14. The maximum atomic E-state index is 12.1. The van der Waals surface area contributed by atoms with Gasteiger partial charge in [0.2, 0.25) is 11.8 Å². The van der Waals surface area contributed by atoms with Crippen LogP contribution in [0.25, 0.3) is 0 Å². The Kier molecular flexibility index (Phi) is 5.29. The van der Waals surface area contributed by atoms with Crippen LogP contribution in [0.15, 0.2) is 4.42 Å². The van der Waals surface area contributed by atoms with Gasteiger partial charge in [-0.2, -0.15) is 0 Å². The fraction of sp³-hybridized carbons (Fsp3) is 0.812. The van der Waals surface area contributed by atoms with Crippen molar-refractivity contribution in [3.05, 3.63) is 11.8 Å². The summed E-state index contributed by atoms with van der Waals surface area (Å²) in [6.07, 6.45) is 0.644. The van der Waals surface area contributed by atoms with Gasteiger partial charge in [0, 0.05) is 32.1 Å². The van der Waals surface area contributed by atoms with Gasteiger partial charge in [-0.3, -0.25) is 4.90 Å². The zero-order valence-corrected chi connectivity index (χ0v) is 15.0. The molecule has 0 N–H and O–H groups in total. The number of carbonyl (C=O) groups excluding carboxylic acids is 1. The quantitative estimate of drug-likeness (QED) is 0.848. The molecule has 1 saturated heterocycles. The number of amides is 1. The van der Waals surface area contributed by atoms with E-state index in [0.717, 1.165) is 19.5 Å². The van der Waals surface area contributed by atoms with Crippen molar-refractivity contribution in [1.82, 2.24) is 20.0 Å². The van der Waals surface area contributed by atoms with Crippen LogP contribution in [-0.4, -0.2) is 57.9 Å². The maximum absolute atomic E-state index is 12.1. The molecule has 0 aromatic carbocycles. The maximum Gasteiger partial charge on any atom is 0.410 e. The molecule has 1 aromatic heterocycles. The first-order valence-corrected chi connectivity index (χ1v) is 8.16. The summed E-state index contributed by atoms with van der Waals surface area (Å²) in [4.78, 5) is 16.1. The highest BCUT2D eigenvalue weighted by molar-refractivity contribution is 5.68. The van der Waals surface area contributed by atoms with Gasteiger partial charge in [-0.1, -0.05) is 13.8 Å². The molecule has 130 valence electrons. The summed E-state index contributed by atoms with van der Waals surface area (Å²) in [6, 6.07) is 0.150. The van der Waals surface area contributed by atoms with Gasteiger partial charge < -0.3 is 14.1 Å². The minimum atomic E-state index is -0.472. The van der Waals surface area contributed by atoms with E-state index in [1.165, 1.54) is 0 Å². The number of carbonyl (C=O) groups is 1. The first-order chi connectivity index (χ1) is 10.7. The summed E-state index contributed by atoms with van der Waals surface area (Å²) in [5.41, 5.74) is -0.472. The molecule has 1 fully saturated rings. The van der Waals surface area contributed by atoms with E-state index in [1.54, 1.807) is 11.9 Å². The zero-order chi connectivity index (χ0) is 17.2. The highest BCUT2D eigenvalue weighted by Gasteiger charge is 2.31. The SMILES string of the molecule is CC(C)c1nnc(CN2CC[C@H](N(C)C(=O)OC(C)(C)C)C2)o1. The van der Waals surface area contributed by atoms with Crippen LogP contribution in [0.1, 0.15) is 58.7 Å². The van der Waals surface area contributed by atoms with Crippen molar-refractivity contribution < 1.29 is 13.9 Å². The van der Waals surface area contributed by atoms with E-state index in [4.69, 9.17) is 9.15 Å². The van der Waals surface area contributed by atoms with Crippen molar-refractivity contribution in [2.75, 3.05) is 20.1 Å². The fourth-order valence-corrected chi connectivity index (χ4v) is 2.51. The molecule has 1 aliphatic rings. The lowest BCUT2D eigenvalue weighted by molar-refractivity contribution is 0.0227. The summed E-state index contributed by atoms with van der Waals surface area (Å²) in [5.74, 6) is 1.54. The summed E-state index contributed by atoms with van der Waals surface area (Å²) in [6.45, 7) is 12.0. The third-order valence-corrected chi connectivity index (χ3v) is 3.81. The van der Waals surface area contributed by atoms with E-state index in [2.05, 4.69) is 15.1 Å². The molecule has 0 aliphatic carbocycles. The normalized spacial score (nSPS) is 19.3. The molecule has 7 heteroatoms. The second kappa shape index (κ2) is 6.86. The molecule has 1 aliphatic heterocycles. The fourth-order valence-electron chi connectivity index (χ4n) is 2.51. The first-order valence-electron chi connectivity index (χ1n) is 8.16. The molecular formula is C16H28N4O3. The third kappa shape index (κ3) is 4.92. The van der Waals surface area contributed by atoms with Crippen LogP contribution in [0.2, 0.25) is 0 Å². The average Bonchev–Trinajstić information content (AvgIpc) is 3.05. The van der Waals surface area contributed by atoms with Gasteiger partial charge in [0.15, 0.2) is 0 Å². The highest BCUT2D eigenvalue weighted by atomic mass is 16.6. The van der Waals surface area contributed by atoms with Crippen molar-refractivity contribution >= 4 is 6.09 Å². The number of rotatable bonds is 4. The number of hydrogen-bond donors (Lipinski definition) is 0. The second-order valence-corrected chi connectivity index (χ2v) is 7.46. The number of hydrogen-bond acceptors (Lipinski definition) is 6. The Morgan fingerprint density at radius 2 is 2.13 bits per heavy atom. The van der Waals surface area contributed by atoms with Crippen LogP contribution < -0.4 is 0 Å². The predicted octanol–water partition coefficient (Wildman–Crippen LogP) is 2.63. The number of ether oxygens (including phenoxy) is 1. The van der Waals surface area contributed by atoms with Crippen LogP contribution in [0.5, 0.6) is 0 Å². The van der Waals surface area contributed by atoms with E-state index in [1.807, 2.05) is 34.6 Å². The van der Waals surface area contributed by atoms with Gasteiger partial charge in [-0.25, -0.2) is 4.79 Å². The van der Waals surface area contributed by atoms with E-state index in [-0.39, 0.29) is 18.1 Å². The minimum absolute atomic E-state index is 0.150. The number of aromatic nitrogens is 2. The highest BCUT2D eigenvalue weighted by Crippen LogP contribution is 2.20. The van der Waals surface area contributed by atoms with Crippen molar-refractivity contribution in [1.29, 1.82) is 0 Å².